The number of carbonyl (C=O) groups is 1. The Hall–Kier alpha value is -1.30. The normalized spacial score (nSPS) is 23.0. The summed E-state index contributed by atoms with van der Waals surface area (Å²) < 4.78 is 0. The van der Waals surface area contributed by atoms with Crippen LogP contribution in [0, 0.1) is 11.8 Å². The van der Waals surface area contributed by atoms with Crippen molar-refractivity contribution in [2.45, 2.75) is 64.2 Å². The number of nitrogens with one attached hydrogen (secondary N) is 2. The highest BCUT2D eigenvalue weighted by Gasteiger charge is 2.23. The molecule has 0 aromatic carbocycles. The Balaban J connectivity index is 1.51. The van der Waals surface area contributed by atoms with Crippen LogP contribution in [0.3, 0.4) is 0 Å². The van der Waals surface area contributed by atoms with Gasteiger partial charge in [-0.25, -0.2) is 0 Å². The minimum absolute atomic E-state index is 0.0373. The maximum atomic E-state index is 11.3. The minimum atomic E-state index is -0.148. The zero-order valence-electron chi connectivity index (χ0n) is 16.6. The highest BCUT2D eigenvalue weighted by Crippen LogP contribution is 2.26. The van der Waals surface area contributed by atoms with E-state index in [9.17, 15) is 4.79 Å². The van der Waals surface area contributed by atoms with Crippen molar-refractivity contribution in [2.24, 2.45) is 22.6 Å². The van der Waals surface area contributed by atoms with Gasteiger partial charge in [-0.2, -0.15) is 0 Å². The van der Waals surface area contributed by atoms with Crippen LogP contribution in [0.15, 0.2) is 4.99 Å². The second-order valence-electron chi connectivity index (χ2n) is 7.97. The Bertz CT molecular complexity index is 434. The van der Waals surface area contributed by atoms with Crippen molar-refractivity contribution < 1.29 is 4.79 Å². The first-order chi connectivity index (χ1) is 12.7. The third-order valence-corrected chi connectivity index (χ3v) is 5.88. The van der Waals surface area contributed by atoms with Crippen molar-refractivity contribution in [3.05, 3.63) is 0 Å². The quantitative estimate of drug-likeness (QED) is 0.332. The number of carbonyl (C=O) groups excluding carboxylic acids is 1. The number of aliphatic imine (C=N–C) groups is 1. The Labute approximate surface area is 159 Å². The fourth-order valence-corrected chi connectivity index (χ4v) is 4.29. The van der Waals surface area contributed by atoms with Crippen molar-refractivity contribution in [1.29, 1.82) is 0 Å². The summed E-state index contributed by atoms with van der Waals surface area (Å²) in [5.41, 5.74) is 5.45. The van der Waals surface area contributed by atoms with Crippen LogP contribution in [0.2, 0.25) is 0 Å². The average Bonchev–Trinajstić information content (AvgIpc) is 2.67. The van der Waals surface area contributed by atoms with Gasteiger partial charge in [-0.3, -0.25) is 9.79 Å². The summed E-state index contributed by atoms with van der Waals surface area (Å²) in [5.74, 6) is 1.75. The molecule has 2 aliphatic rings. The SMILES string of the molecule is CN=C(NCCCC1CCCCC1)NCCCN1CCCC(C(N)=O)C1. The number of likely N-dealkylation sites (tertiary alicyclic amines) is 1. The van der Waals surface area contributed by atoms with E-state index in [1.807, 2.05) is 7.05 Å². The lowest BCUT2D eigenvalue weighted by Gasteiger charge is -2.31. The molecule has 1 saturated carbocycles. The van der Waals surface area contributed by atoms with Gasteiger partial charge >= 0.3 is 0 Å². The second kappa shape index (κ2) is 12.2. The first kappa shape index (κ1) is 21.0. The van der Waals surface area contributed by atoms with Crippen LogP contribution in [-0.4, -0.2) is 56.5 Å². The number of nitrogens with two attached hydrogens (primary N) is 1. The third-order valence-electron chi connectivity index (χ3n) is 5.88. The highest BCUT2D eigenvalue weighted by molar-refractivity contribution is 5.79. The number of hydrogen-bond donors (Lipinski definition) is 3. The van der Waals surface area contributed by atoms with Crippen LogP contribution in [0.25, 0.3) is 0 Å². The zero-order chi connectivity index (χ0) is 18.6. The summed E-state index contributed by atoms with van der Waals surface area (Å²) in [6.07, 6.45) is 12.8. The molecule has 6 heteroatoms. The molecular formula is C20H39N5O. The first-order valence-corrected chi connectivity index (χ1v) is 10.6. The van der Waals surface area contributed by atoms with Crippen LogP contribution in [0.4, 0.5) is 0 Å². The van der Waals surface area contributed by atoms with Gasteiger partial charge < -0.3 is 21.3 Å². The fraction of sp³-hybridized carbons (Fsp3) is 0.900. The summed E-state index contributed by atoms with van der Waals surface area (Å²) >= 11 is 0. The smallest absolute Gasteiger partial charge is 0.221 e. The molecule has 0 spiro atoms. The lowest BCUT2D eigenvalue weighted by molar-refractivity contribution is -0.123. The molecule has 150 valence electrons. The van der Waals surface area contributed by atoms with Gasteiger partial charge in [0, 0.05) is 26.7 Å². The molecule has 2 fully saturated rings. The lowest BCUT2D eigenvalue weighted by Crippen LogP contribution is -2.43. The number of hydrogen-bond acceptors (Lipinski definition) is 3. The zero-order valence-corrected chi connectivity index (χ0v) is 16.6. The Morgan fingerprint density at radius 1 is 1.08 bits per heavy atom. The molecule has 6 nitrogen and oxygen atoms in total. The maximum Gasteiger partial charge on any atom is 0.221 e. The first-order valence-electron chi connectivity index (χ1n) is 10.6. The van der Waals surface area contributed by atoms with Gasteiger partial charge in [-0.15, -0.1) is 0 Å². The molecule has 1 heterocycles. The number of nitrogens with zero attached hydrogens (tertiary/aromatic N) is 2. The van der Waals surface area contributed by atoms with E-state index in [1.54, 1.807) is 0 Å². The Morgan fingerprint density at radius 2 is 1.81 bits per heavy atom. The van der Waals surface area contributed by atoms with Gasteiger partial charge in [-0.1, -0.05) is 32.1 Å². The van der Waals surface area contributed by atoms with E-state index in [0.29, 0.717) is 0 Å². The molecule has 26 heavy (non-hydrogen) atoms. The van der Waals surface area contributed by atoms with Crippen LogP contribution in [0.1, 0.15) is 64.2 Å². The standard InChI is InChI=1S/C20H39N5O/c1-22-20(23-12-5-10-17-8-3-2-4-9-17)24-13-7-15-25-14-6-11-18(16-25)19(21)26/h17-18H,2-16H2,1H3,(H2,21,26)(H2,22,23,24). The summed E-state index contributed by atoms with van der Waals surface area (Å²) in [6, 6.07) is 0. The molecule has 0 bridgehead atoms. The molecular weight excluding hydrogens is 326 g/mol. The average molecular weight is 366 g/mol. The minimum Gasteiger partial charge on any atom is -0.369 e. The number of primary amides is 1. The number of guanidine groups is 1. The monoisotopic (exact) mass is 365 g/mol. The van der Waals surface area contributed by atoms with E-state index in [0.717, 1.165) is 63.9 Å². The molecule has 0 radical (unpaired) electrons. The van der Waals surface area contributed by atoms with Crippen molar-refractivity contribution in [1.82, 2.24) is 15.5 Å². The van der Waals surface area contributed by atoms with E-state index >= 15 is 0 Å². The summed E-state index contributed by atoms with van der Waals surface area (Å²) in [7, 11) is 1.83. The fourth-order valence-electron chi connectivity index (χ4n) is 4.29. The summed E-state index contributed by atoms with van der Waals surface area (Å²) in [6.45, 7) is 4.82. The van der Waals surface area contributed by atoms with Crippen molar-refractivity contribution in [3.8, 4) is 0 Å². The number of rotatable bonds is 9. The second-order valence-corrected chi connectivity index (χ2v) is 7.97. The van der Waals surface area contributed by atoms with Gasteiger partial charge in [-0.05, 0) is 51.1 Å². The van der Waals surface area contributed by atoms with E-state index in [1.165, 1.54) is 44.9 Å². The van der Waals surface area contributed by atoms with E-state index in [4.69, 9.17) is 5.73 Å². The molecule has 4 N–H and O–H groups in total. The molecule has 1 aliphatic heterocycles. The molecule has 1 aliphatic carbocycles. The molecule has 1 unspecified atom stereocenters. The number of piperidine rings is 1. The summed E-state index contributed by atoms with van der Waals surface area (Å²) in [5, 5.41) is 6.84. The van der Waals surface area contributed by atoms with Crippen molar-refractivity contribution in [2.75, 3.05) is 39.8 Å². The van der Waals surface area contributed by atoms with Gasteiger partial charge in [0.25, 0.3) is 0 Å². The van der Waals surface area contributed by atoms with E-state index in [2.05, 4.69) is 20.5 Å². The highest BCUT2D eigenvalue weighted by atomic mass is 16.1. The maximum absolute atomic E-state index is 11.3. The van der Waals surface area contributed by atoms with Crippen molar-refractivity contribution >= 4 is 11.9 Å². The summed E-state index contributed by atoms with van der Waals surface area (Å²) in [4.78, 5) is 18.0. The molecule has 1 amide bonds. The number of amides is 1. The van der Waals surface area contributed by atoms with E-state index < -0.39 is 0 Å². The van der Waals surface area contributed by atoms with Crippen LogP contribution >= 0.6 is 0 Å². The molecule has 1 saturated heterocycles. The Kier molecular flexibility index (Phi) is 9.82. The Morgan fingerprint density at radius 3 is 2.50 bits per heavy atom. The van der Waals surface area contributed by atoms with Gasteiger partial charge in [0.1, 0.15) is 0 Å². The molecule has 0 aromatic rings. The predicted molar refractivity (Wildman–Crippen MR) is 108 cm³/mol. The van der Waals surface area contributed by atoms with Gasteiger partial charge in [0.2, 0.25) is 5.91 Å². The van der Waals surface area contributed by atoms with E-state index in [-0.39, 0.29) is 11.8 Å². The largest absolute Gasteiger partial charge is 0.369 e. The lowest BCUT2D eigenvalue weighted by atomic mass is 9.86. The molecule has 2 rings (SSSR count). The molecule has 0 aromatic heterocycles. The topological polar surface area (TPSA) is 82.8 Å². The van der Waals surface area contributed by atoms with Gasteiger partial charge in [0.15, 0.2) is 5.96 Å². The van der Waals surface area contributed by atoms with Crippen LogP contribution in [-0.2, 0) is 4.79 Å². The van der Waals surface area contributed by atoms with Crippen LogP contribution < -0.4 is 16.4 Å². The third kappa shape index (κ3) is 7.94. The van der Waals surface area contributed by atoms with Crippen molar-refractivity contribution in [3.63, 3.8) is 0 Å². The predicted octanol–water partition coefficient (Wildman–Crippen LogP) is 2.10. The van der Waals surface area contributed by atoms with Gasteiger partial charge in [0.05, 0.1) is 5.92 Å². The molecule has 1 atom stereocenters. The van der Waals surface area contributed by atoms with Crippen LogP contribution in [0.5, 0.6) is 0 Å².